The molecule has 0 spiro atoms. The minimum Gasteiger partial charge on any atom is -0.309 e. The molecule has 0 aromatic carbocycles. The fourth-order valence-corrected chi connectivity index (χ4v) is 3.48. The van der Waals surface area contributed by atoms with Crippen LogP contribution in [0, 0.1) is 12.8 Å². The zero-order chi connectivity index (χ0) is 18.4. The molecule has 136 valence electrons. The Hall–Kier alpha value is -2.49. The number of anilines is 1. The molecule has 3 aromatic heterocycles. The lowest BCUT2D eigenvalue weighted by Gasteiger charge is -2.11. The van der Waals surface area contributed by atoms with Crippen molar-refractivity contribution in [2.45, 2.75) is 32.9 Å². The van der Waals surface area contributed by atoms with Crippen LogP contribution in [0.1, 0.15) is 18.4 Å². The Bertz CT molecular complexity index is 1060. The summed E-state index contributed by atoms with van der Waals surface area (Å²) in [5, 5.41) is 11.7. The van der Waals surface area contributed by atoms with Gasteiger partial charge in [0.15, 0.2) is 5.65 Å². The summed E-state index contributed by atoms with van der Waals surface area (Å²) in [7, 11) is 1.71. The highest BCUT2D eigenvalue weighted by Crippen LogP contribution is 2.31. The minimum absolute atomic E-state index is 0.128. The molecule has 3 heterocycles. The third-order valence-electron chi connectivity index (χ3n) is 4.49. The molecule has 0 aliphatic heterocycles. The SMILES string of the molecule is Cc1cnn(CC2CC2)c1NC(=O)Cn1cnc2c(c(Br)nn2C)c1=O. The van der Waals surface area contributed by atoms with Gasteiger partial charge in [-0.25, -0.2) is 14.3 Å². The van der Waals surface area contributed by atoms with Crippen molar-refractivity contribution in [3.63, 3.8) is 0 Å². The number of rotatable bonds is 5. The van der Waals surface area contributed by atoms with E-state index in [4.69, 9.17) is 0 Å². The van der Waals surface area contributed by atoms with Crippen LogP contribution < -0.4 is 10.9 Å². The lowest BCUT2D eigenvalue weighted by Crippen LogP contribution is -2.29. The summed E-state index contributed by atoms with van der Waals surface area (Å²) in [5.41, 5.74) is 1.06. The second kappa shape index (κ2) is 6.35. The molecule has 0 atom stereocenters. The molecular formula is C16H18BrN7O2. The van der Waals surface area contributed by atoms with Gasteiger partial charge < -0.3 is 5.32 Å². The third-order valence-corrected chi connectivity index (χ3v) is 5.05. The van der Waals surface area contributed by atoms with Crippen LogP contribution in [0.5, 0.6) is 0 Å². The van der Waals surface area contributed by atoms with Crippen LogP contribution in [0.25, 0.3) is 11.0 Å². The lowest BCUT2D eigenvalue weighted by molar-refractivity contribution is -0.116. The summed E-state index contributed by atoms with van der Waals surface area (Å²) in [6.07, 6.45) is 5.51. The van der Waals surface area contributed by atoms with Crippen molar-refractivity contribution in [2.24, 2.45) is 13.0 Å². The van der Waals surface area contributed by atoms with Crippen LogP contribution in [-0.4, -0.2) is 35.0 Å². The number of amides is 1. The fraction of sp³-hybridized carbons (Fsp3) is 0.438. The first-order valence-corrected chi connectivity index (χ1v) is 9.13. The third kappa shape index (κ3) is 3.05. The van der Waals surface area contributed by atoms with Crippen molar-refractivity contribution in [2.75, 3.05) is 5.32 Å². The van der Waals surface area contributed by atoms with Crippen molar-refractivity contribution in [1.82, 2.24) is 29.1 Å². The number of carbonyl (C=O) groups excluding carboxylic acids is 1. The minimum atomic E-state index is -0.312. The molecule has 1 saturated carbocycles. The highest BCUT2D eigenvalue weighted by atomic mass is 79.9. The Labute approximate surface area is 157 Å². The second-order valence-electron chi connectivity index (χ2n) is 6.64. The number of carbonyl (C=O) groups is 1. The Morgan fingerprint density at radius 1 is 1.42 bits per heavy atom. The van der Waals surface area contributed by atoms with Gasteiger partial charge >= 0.3 is 0 Å². The molecule has 1 fully saturated rings. The molecule has 3 aromatic rings. The van der Waals surface area contributed by atoms with Gasteiger partial charge in [0.25, 0.3) is 5.56 Å². The average Bonchev–Trinajstić information content (AvgIpc) is 3.28. The standard InChI is InChI=1S/C16H18BrN7O2/c1-9-5-19-24(6-10-3-4-10)14(9)20-11(25)7-23-8-18-15-12(16(23)26)13(17)21-22(15)2/h5,8,10H,3-4,6-7H2,1-2H3,(H,20,25). The quantitative estimate of drug-likeness (QED) is 0.674. The number of aryl methyl sites for hydroxylation is 2. The smallest absolute Gasteiger partial charge is 0.266 e. The first-order chi connectivity index (χ1) is 12.4. The molecule has 1 aliphatic rings. The molecule has 0 radical (unpaired) electrons. The zero-order valence-electron chi connectivity index (χ0n) is 14.4. The van der Waals surface area contributed by atoms with Crippen molar-refractivity contribution in [3.8, 4) is 0 Å². The number of fused-ring (bicyclic) bond motifs is 1. The number of hydrogen-bond acceptors (Lipinski definition) is 5. The Morgan fingerprint density at radius 2 is 2.19 bits per heavy atom. The van der Waals surface area contributed by atoms with Gasteiger partial charge in [0.1, 0.15) is 28.7 Å². The molecule has 0 unspecified atom stereocenters. The van der Waals surface area contributed by atoms with Crippen LogP contribution in [0.2, 0.25) is 0 Å². The highest BCUT2D eigenvalue weighted by molar-refractivity contribution is 9.10. The maximum absolute atomic E-state index is 12.6. The van der Waals surface area contributed by atoms with Crippen LogP contribution in [0.15, 0.2) is 21.9 Å². The Morgan fingerprint density at radius 3 is 2.92 bits per heavy atom. The van der Waals surface area contributed by atoms with E-state index in [-0.39, 0.29) is 18.0 Å². The van der Waals surface area contributed by atoms with E-state index in [1.807, 2.05) is 11.6 Å². The van der Waals surface area contributed by atoms with Crippen molar-refractivity contribution in [3.05, 3.63) is 33.0 Å². The lowest BCUT2D eigenvalue weighted by atomic mass is 10.3. The molecule has 4 rings (SSSR count). The maximum atomic E-state index is 12.6. The molecule has 10 heteroatoms. The van der Waals surface area contributed by atoms with Gasteiger partial charge in [0, 0.05) is 19.2 Å². The fourth-order valence-electron chi connectivity index (χ4n) is 2.90. The van der Waals surface area contributed by atoms with Crippen LogP contribution in [0.4, 0.5) is 5.82 Å². The van der Waals surface area contributed by atoms with E-state index in [1.165, 1.54) is 28.4 Å². The summed E-state index contributed by atoms with van der Waals surface area (Å²) in [6.45, 7) is 2.58. The van der Waals surface area contributed by atoms with Gasteiger partial charge in [-0.2, -0.15) is 10.2 Å². The van der Waals surface area contributed by atoms with Crippen molar-refractivity contribution in [1.29, 1.82) is 0 Å². The summed E-state index contributed by atoms with van der Waals surface area (Å²) in [6, 6.07) is 0. The van der Waals surface area contributed by atoms with E-state index in [9.17, 15) is 9.59 Å². The Kier molecular flexibility index (Phi) is 4.14. The van der Waals surface area contributed by atoms with Crippen molar-refractivity contribution < 1.29 is 4.79 Å². The van der Waals surface area contributed by atoms with Crippen LogP contribution in [0.3, 0.4) is 0 Å². The monoisotopic (exact) mass is 419 g/mol. The zero-order valence-corrected chi connectivity index (χ0v) is 16.0. The van der Waals surface area contributed by atoms with Gasteiger partial charge in [-0.05, 0) is 41.6 Å². The molecule has 0 bridgehead atoms. The number of hydrogen-bond donors (Lipinski definition) is 1. The predicted octanol–water partition coefficient (Wildman–Crippen LogP) is 1.45. The van der Waals surface area contributed by atoms with Gasteiger partial charge in [-0.15, -0.1) is 0 Å². The molecular weight excluding hydrogens is 402 g/mol. The molecule has 1 N–H and O–H groups in total. The molecule has 1 amide bonds. The summed E-state index contributed by atoms with van der Waals surface area (Å²) in [4.78, 5) is 29.4. The van der Waals surface area contributed by atoms with E-state index in [0.717, 1.165) is 12.1 Å². The number of nitrogens with zero attached hydrogens (tertiary/aromatic N) is 6. The van der Waals surface area contributed by atoms with E-state index in [2.05, 4.69) is 36.4 Å². The van der Waals surface area contributed by atoms with E-state index in [0.29, 0.717) is 27.4 Å². The number of halogens is 1. The van der Waals surface area contributed by atoms with E-state index < -0.39 is 0 Å². The van der Waals surface area contributed by atoms with E-state index in [1.54, 1.807) is 13.2 Å². The Balaban J connectivity index is 1.56. The summed E-state index contributed by atoms with van der Waals surface area (Å²) >= 11 is 3.27. The molecule has 9 nitrogen and oxygen atoms in total. The first kappa shape index (κ1) is 17.0. The topological polar surface area (TPSA) is 99.6 Å². The van der Waals surface area contributed by atoms with Gasteiger partial charge in [-0.1, -0.05) is 0 Å². The molecule has 1 aliphatic carbocycles. The maximum Gasteiger partial charge on any atom is 0.266 e. The van der Waals surface area contributed by atoms with Crippen molar-refractivity contribution >= 4 is 38.7 Å². The molecule has 26 heavy (non-hydrogen) atoms. The van der Waals surface area contributed by atoms with Crippen LogP contribution >= 0.6 is 15.9 Å². The average molecular weight is 420 g/mol. The van der Waals surface area contributed by atoms with E-state index >= 15 is 0 Å². The van der Waals surface area contributed by atoms with Gasteiger partial charge in [0.2, 0.25) is 5.91 Å². The number of aromatic nitrogens is 6. The largest absolute Gasteiger partial charge is 0.309 e. The van der Waals surface area contributed by atoms with Gasteiger partial charge in [0.05, 0.1) is 6.20 Å². The highest BCUT2D eigenvalue weighted by Gasteiger charge is 2.24. The van der Waals surface area contributed by atoms with Crippen LogP contribution in [-0.2, 0) is 24.9 Å². The summed E-state index contributed by atoms with van der Waals surface area (Å²) in [5.74, 6) is 1.03. The normalized spacial score (nSPS) is 14.1. The second-order valence-corrected chi connectivity index (χ2v) is 7.39. The summed E-state index contributed by atoms with van der Waals surface area (Å²) < 4.78 is 5.04. The predicted molar refractivity (Wildman–Crippen MR) is 98.8 cm³/mol. The first-order valence-electron chi connectivity index (χ1n) is 8.34. The molecule has 0 saturated heterocycles. The van der Waals surface area contributed by atoms with Gasteiger partial charge in [-0.3, -0.25) is 14.2 Å². The number of nitrogens with one attached hydrogen (secondary N) is 1.